The number of fused-ring (bicyclic) bond motifs is 1. The van der Waals surface area contributed by atoms with Crippen LogP contribution in [0.3, 0.4) is 0 Å². The SMILES string of the molecule is C=CCn1c(=NC(=O)c2ccc(S(=O)(=O)N3CCC(C)CC3)cc2)sc2ccc([N+](=O)[O-])cc21. The molecule has 0 saturated carbocycles. The molecule has 0 unspecified atom stereocenters. The van der Waals surface area contributed by atoms with Crippen molar-refractivity contribution in [2.24, 2.45) is 10.9 Å². The molecule has 2 aromatic carbocycles. The van der Waals surface area contributed by atoms with E-state index in [2.05, 4.69) is 18.5 Å². The highest BCUT2D eigenvalue weighted by atomic mass is 32.2. The van der Waals surface area contributed by atoms with Gasteiger partial charge in [0.15, 0.2) is 4.80 Å². The number of nitro groups is 1. The number of allylic oxidation sites excluding steroid dienone is 1. The van der Waals surface area contributed by atoms with Crippen molar-refractivity contribution in [1.29, 1.82) is 0 Å². The molecule has 4 rings (SSSR count). The van der Waals surface area contributed by atoms with Gasteiger partial charge in [-0.2, -0.15) is 9.30 Å². The summed E-state index contributed by atoms with van der Waals surface area (Å²) in [7, 11) is -3.61. The topological polar surface area (TPSA) is 115 Å². The summed E-state index contributed by atoms with van der Waals surface area (Å²) in [6.07, 6.45) is 3.28. The van der Waals surface area contributed by atoms with E-state index in [9.17, 15) is 23.3 Å². The molecule has 178 valence electrons. The Balaban J connectivity index is 1.65. The molecule has 0 atom stereocenters. The van der Waals surface area contributed by atoms with Crippen LogP contribution in [0.25, 0.3) is 10.2 Å². The van der Waals surface area contributed by atoms with Crippen molar-refractivity contribution in [3.8, 4) is 0 Å². The fraction of sp³-hybridized carbons (Fsp3) is 0.304. The number of carbonyl (C=O) groups is 1. The predicted molar refractivity (Wildman–Crippen MR) is 130 cm³/mol. The minimum atomic E-state index is -3.61. The Kier molecular flexibility index (Phi) is 6.78. The molecular weight excluding hydrogens is 476 g/mol. The molecule has 1 aromatic heterocycles. The number of aromatic nitrogens is 1. The number of amides is 1. The van der Waals surface area contributed by atoms with Crippen LogP contribution in [0.15, 0.2) is 65.0 Å². The highest BCUT2D eigenvalue weighted by Crippen LogP contribution is 2.25. The molecular formula is C23H24N4O5S2. The first-order chi connectivity index (χ1) is 16.2. The molecule has 0 spiro atoms. The number of rotatable bonds is 6. The van der Waals surface area contributed by atoms with Gasteiger partial charge >= 0.3 is 0 Å². The monoisotopic (exact) mass is 500 g/mol. The summed E-state index contributed by atoms with van der Waals surface area (Å²) in [6.45, 7) is 7.14. The lowest BCUT2D eigenvalue weighted by atomic mass is 10.0. The Bertz CT molecular complexity index is 1430. The summed E-state index contributed by atoms with van der Waals surface area (Å²) in [5.41, 5.74) is 0.781. The number of hydrogen-bond donors (Lipinski definition) is 0. The number of thiazole rings is 1. The smallest absolute Gasteiger partial charge is 0.279 e. The number of hydrogen-bond acceptors (Lipinski definition) is 6. The average Bonchev–Trinajstić information content (AvgIpc) is 3.15. The van der Waals surface area contributed by atoms with Crippen molar-refractivity contribution in [2.45, 2.75) is 31.2 Å². The van der Waals surface area contributed by atoms with E-state index in [1.54, 1.807) is 16.7 Å². The first-order valence-electron chi connectivity index (χ1n) is 10.8. The second-order valence-corrected chi connectivity index (χ2v) is 11.2. The van der Waals surface area contributed by atoms with Crippen molar-refractivity contribution in [3.05, 3.63) is 75.6 Å². The van der Waals surface area contributed by atoms with Crippen LogP contribution in [-0.2, 0) is 16.6 Å². The molecule has 1 aliphatic heterocycles. The van der Waals surface area contributed by atoms with Crippen LogP contribution >= 0.6 is 11.3 Å². The maximum Gasteiger partial charge on any atom is 0.279 e. The molecule has 1 amide bonds. The summed E-state index contributed by atoms with van der Waals surface area (Å²) in [5, 5.41) is 11.2. The van der Waals surface area contributed by atoms with E-state index in [0.29, 0.717) is 35.9 Å². The predicted octanol–water partition coefficient (Wildman–Crippen LogP) is 3.96. The molecule has 1 aliphatic rings. The Labute approximate surface area is 200 Å². The number of nitro benzene ring substituents is 1. The second-order valence-electron chi connectivity index (χ2n) is 8.22. The van der Waals surface area contributed by atoms with Gasteiger partial charge in [0.05, 0.1) is 20.0 Å². The summed E-state index contributed by atoms with van der Waals surface area (Å²) < 4.78 is 29.8. The molecule has 1 fully saturated rings. The molecule has 34 heavy (non-hydrogen) atoms. The Morgan fingerprint density at radius 1 is 1.24 bits per heavy atom. The summed E-state index contributed by atoms with van der Waals surface area (Å²) in [6, 6.07) is 10.3. The normalized spacial score (nSPS) is 16.1. The molecule has 9 nitrogen and oxygen atoms in total. The van der Waals surface area contributed by atoms with Gasteiger partial charge in [-0.3, -0.25) is 14.9 Å². The van der Waals surface area contributed by atoms with Gasteiger partial charge < -0.3 is 4.57 Å². The van der Waals surface area contributed by atoms with Crippen molar-refractivity contribution in [2.75, 3.05) is 13.1 Å². The minimum Gasteiger partial charge on any atom is -0.312 e. The van der Waals surface area contributed by atoms with Crippen molar-refractivity contribution in [1.82, 2.24) is 8.87 Å². The zero-order chi connectivity index (χ0) is 24.5. The fourth-order valence-electron chi connectivity index (χ4n) is 3.86. The van der Waals surface area contributed by atoms with Gasteiger partial charge in [-0.05, 0) is 49.1 Å². The zero-order valence-corrected chi connectivity index (χ0v) is 20.2. The second kappa shape index (κ2) is 9.61. The van der Waals surface area contributed by atoms with Gasteiger partial charge in [0, 0.05) is 37.3 Å². The quantitative estimate of drug-likeness (QED) is 0.289. The van der Waals surface area contributed by atoms with E-state index in [4.69, 9.17) is 0 Å². The summed E-state index contributed by atoms with van der Waals surface area (Å²) in [5.74, 6) is -0.0217. The van der Waals surface area contributed by atoms with E-state index in [0.717, 1.165) is 17.5 Å². The summed E-state index contributed by atoms with van der Waals surface area (Å²) in [4.78, 5) is 28.3. The van der Waals surface area contributed by atoms with Gasteiger partial charge in [-0.25, -0.2) is 8.42 Å². The highest BCUT2D eigenvalue weighted by molar-refractivity contribution is 7.89. The number of benzene rings is 2. The molecule has 1 saturated heterocycles. The van der Waals surface area contributed by atoms with Crippen LogP contribution in [0.5, 0.6) is 0 Å². The molecule has 0 bridgehead atoms. The lowest BCUT2D eigenvalue weighted by Crippen LogP contribution is -2.37. The van der Waals surface area contributed by atoms with Crippen LogP contribution in [-0.4, -0.2) is 41.2 Å². The number of non-ortho nitro benzene ring substituents is 1. The minimum absolute atomic E-state index is 0.0547. The fourth-order valence-corrected chi connectivity index (χ4v) is 6.34. The largest absolute Gasteiger partial charge is 0.312 e. The third-order valence-electron chi connectivity index (χ3n) is 5.87. The number of carbonyl (C=O) groups excluding carboxylic acids is 1. The van der Waals surface area contributed by atoms with Gasteiger partial charge in [0.25, 0.3) is 11.6 Å². The van der Waals surface area contributed by atoms with Crippen molar-refractivity contribution < 1.29 is 18.1 Å². The van der Waals surface area contributed by atoms with Gasteiger partial charge in [0.1, 0.15) is 0 Å². The van der Waals surface area contributed by atoms with Gasteiger partial charge in [0.2, 0.25) is 10.0 Å². The Hall–Kier alpha value is -3.15. The molecule has 0 aliphatic carbocycles. The third-order valence-corrected chi connectivity index (χ3v) is 8.84. The van der Waals surface area contributed by atoms with Crippen LogP contribution in [0.1, 0.15) is 30.1 Å². The van der Waals surface area contributed by atoms with Crippen LogP contribution in [0.2, 0.25) is 0 Å². The van der Waals surface area contributed by atoms with E-state index in [1.165, 1.54) is 52.0 Å². The summed E-state index contributed by atoms with van der Waals surface area (Å²) >= 11 is 1.24. The molecule has 0 N–H and O–H groups in total. The van der Waals surface area contributed by atoms with Gasteiger partial charge in [-0.15, -0.1) is 6.58 Å². The molecule has 2 heterocycles. The molecule has 3 aromatic rings. The van der Waals surface area contributed by atoms with Crippen molar-refractivity contribution >= 4 is 43.2 Å². The standard InChI is InChI=1S/C23H24N4O5S2/c1-3-12-26-20-15-18(27(29)30)6-9-21(20)33-23(26)24-22(28)17-4-7-19(8-5-17)34(31,32)25-13-10-16(2)11-14-25/h3-9,15-16H,1,10-14H2,2H3. The zero-order valence-electron chi connectivity index (χ0n) is 18.6. The van der Waals surface area contributed by atoms with Crippen molar-refractivity contribution in [3.63, 3.8) is 0 Å². The number of nitrogens with zero attached hydrogens (tertiary/aromatic N) is 4. The van der Waals surface area contributed by atoms with Gasteiger partial charge in [-0.1, -0.05) is 24.3 Å². The van der Waals surface area contributed by atoms with Crippen LogP contribution in [0, 0.1) is 16.0 Å². The van der Waals surface area contributed by atoms with E-state index < -0.39 is 20.9 Å². The maximum atomic E-state index is 12.9. The third kappa shape index (κ3) is 4.72. The average molecular weight is 501 g/mol. The number of piperidine rings is 1. The first-order valence-corrected chi connectivity index (χ1v) is 13.0. The van der Waals surface area contributed by atoms with E-state index in [-0.39, 0.29) is 16.1 Å². The maximum absolute atomic E-state index is 12.9. The molecule has 0 radical (unpaired) electrons. The Morgan fingerprint density at radius 2 is 1.91 bits per heavy atom. The van der Waals surface area contributed by atoms with E-state index >= 15 is 0 Å². The van der Waals surface area contributed by atoms with Crippen LogP contribution < -0.4 is 4.80 Å². The van der Waals surface area contributed by atoms with Crippen LogP contribution in [0.4, 0.5) is 5.69 Å². The first kappa shape index (κ1) is 24.0. The van der Waals surface area contributed by atoms with E-state index in [1.807, 2.05) is 0 Å². The Morgan fingerprint density at radius 3 is 2.53 bits per heavy atom. The highest BCUT2D eigenvalue weighted by Gasteiger charge is 2.28. The lowest BCUT2D eigenvalue weighted by molar-refractivity contribution is -0.384. The lowest BCUT2D eigenvalue weighted by Gasteiger charge is -2.29. The molecule has 11 heteroatoms. The number of sulfonamides is 1.